The number of carbonyl (C=O) groups excluding carboxylic acids is 1. The monoisotopic (exact) mass is 340 g/mol. The van der Waals surface area contributed by atoms with Gasteiger partial charge < -0.3 is 14.4 Å². The van der Waals surface area contributed by atoms with Crippen LogP contribution < -0.4 is 14.8 Å². The third-order valence-corrected chi connectivity index (χ3v) is 4.69. The molecule has 5 heteroatoms. The first-order valence-corrected chi connectivity index (χ1v) is 8.39. The fourth-order valence-electron chi connectivity index (χ4n) is 3.14. The molecule has 0 bridgehead atoms. The lowest BCUT2D eigenvalue weighted by atomic mass is 10.1. The Morgan fingerprint density at radius 1 is 0.880 bits per heavy atom. The van der Waals surface area contributed by atoms with Crippen molar-refractivity contribution in [3.05, 3.63) is 59.7 Å². The van der Waals surface area contributed by atoms with Crippen LogP contribution in [0.15, 0.2) is 48.5 Å². The fourth-order valence-corrected chi connectivity index (χ4v) is 3.14. The van der Waals surface area contributed by atoms with Crippen molar-refractivity contribution in [2.45, 2.75) is 25.0 Å². The van der Waals surface area contributed by atoms with Crippen LogP contribution in [0.25, 0.3) is 0 Å². The van der Waals surface area contributed by atoms with Gasteiger partial charge in [0.25, 0.3) is 0 Å². The van der Waals surface area contributed by atoms with Gasteiger partial charge in [-0.1, -0.05) is 24.3 Å². The number of hydrogen-bond acceptors (Lipinski definition) is 4. The van der Waals surface area contributed by atoms with Crippen LogP contribution in [-0.2, 0) is 17.6 Å². The Morgan fingerprint density at radius 3 is 1.84 bits per heavy atom. The Labute approximate surface area is 148 Å². The molecule has 2 aromatic rings. The van der Waals surface area contributed by atoms with Gasteiger partial charge in [0.05, 0.1) is 26.4 Å². The molecule has 0 spiro atoms. The van der Waals surface area contributed by atoms with Crippen LogP contribution in [0.4, 0.5) is 0 Å². The van der Waals surface area contributed by atoms with Crippen LogP contribution in [0.2, 0.25) is 0 Å². The summed E-state index contributed by atoms with van der Waals surface area (Å²) >= 11 is 0. The number of methoxy groups -OCH3 is 2. The summed E-state index contributed by atoms with van der Waals surface area (Å²) < 4.78 is 10.4. The predicted octanol–water partition coefficient (Wildman–Crippen LogP) is 2.25. The van der Waals surface area contributed by atoms with Gasteiger partial charge in [0.15, 0.2) is 0 Å². The molecule has 1 heterocycles. The number of benzene rings is 2. The Morgan fingerprint density at radius 2 is 1.36 bits per heavy atom. The maximum absolute atomic E-state index is 12.6. The van der Waals surface area contributed by atoms with Crippen molar-refractivity contribution in [2.75, 3.05) is 21.3 Å². The Hall–Kier alpha value is -2.53. The topological polar surface area (TPSA) is 50.8 Å². The van der Waals surface area contributed by atoms with Crippen molar-refractivity contribution >= 4 is 5.91 Å². The predicted molar refractivity (Wildman–Crippen MR) is 96.9 cm³/mol. The molecule has 0 aromatic heterocycles. The third kappa shape index (κ3) is 3.94. The first-order valence-electron chi connectivity index (χ1n) is 8.39. The second-order valence-corrected chi connectivity index (χ2v) is 6.29. The molecule has 0 unspecified atom stereocenters. The van der Waals surface area contributed by atoms with Gasteiger partial charge in [0.1, 0.15) is 11.5 Å². The van der Waals surface area contributed by atoms with E-state index in [1.807, 2.05) is 55.6 Å². The number of ether oxygens (including phenoxy) is 2. The number of nitrogens with one attached hydrogen (secondary N) is 1. The molecule has 1 saturated heterocycles. The highest BCUT2D eigenvalue weighted by atomic mass is 16.5. The number of nitrogens with zero attached hydrogens (tertiary/aromatic N) is 1. The second-order valence-electron chi connectivity index (χ2n) is 6.29. The second kappa shape index (κ2) is 7.57. The lowest BCUT2D eigenvalue weighted by Crippen LogP contribution is -2.37. The average Bonchev–Trinajstić information content (AvgIpc) is 2.91. The van der Waals surface area contributed by atoms with Gasteiger partial charge in [-0.15, -0.1) is 0 Å². The zero-order valence-corrected chi connectivity index (χ0v) is 14.9. The van der Waals surface area contributed by atoms with E-state index < -0.39 is 0 Å². The summed E-state index contributed by atoms with van der Waals surface area (Å²) in [5.74, 6) is 1.79. The summed E-state index contributed by atoms with van der Waals surface area (Å²) in [6.45, 7) is 0. The average molecular weight is 340 g/mol. The van der Waals surface area contributed by atoms with Gasteiger partial charge >= 0.3 is 0 Å². The largest absolute Gasteiger partial charge is 0.497 e. The lowest BCUT2D eigenvalue weighted by Gasteiger charge is -2.19. The van der Waals surface area contributed by atoms with Crippen molar-refractivity contribution in [1.82, 2.24) is 10.2 Å². The molecular formula is C20H24N2O3. The molecule has 1 fully saturated rings. The third-order valence-electron chi connectivity index (χ3n) is 4.69. The SMILES string of the molecule is COc1ccc(C[C@@H]2N[C@@H](Cc3ccc(OC)cc3)N(C)C2=O)cc1. The summed E-state index contributed by atoms with van der Waals surface area (Å²) in [5, 5.41) is 3.46. The molecule has 3 rings (SSSR count). The smallest absolute Gasteiger partial charge is 0.241 e. The van der Waals surface area contributed by atoms with Crippen LogP contribution >= 0.6 is 0 Å². The number of carbonyl (C=O) groups is 1. The van der Waals surface area contributed by atoms with Crippen molar-refractivity contribution in [1.29, 1.82) is 0 Å². The van der Waals surface area contributed by atoms with E-state index in [0.29, 0.717) is 6.42 Å². The molecule has 1 amide bonds. The number of hydrogen-bond donors (Lipinski definition) is 1. The van der Waals surface area contributed by atoms with Crippen LogP contribution in [0.3, 0.4) is 0 Å². The van der Waals surface area contributed by atoms with Crippen LogP contribution in [0, 0.1) is 0 Å². The molecule has 1 aliphatic rings. The maximum atomic E-state index is 12.6. The van der Waals surface area contributed by atoms with E-state index in [1.165, 1.54) is 5.56 Å². The van der Waals surface area contributed by atoms with E-state index >= 15 is 0 Å². The zero-order chi connectivity index (χ0) is 17.8. The van der Waals surface area contributed by atoms with Crippen molar-refractivity contribution in [3.8, 4) is 11.5 Å². The molecule has 0 aliphatic carbocycles. The summed E-state index contributed by atoms with van der Waals surface area (Å²) in [5.41, 5.74) is 2.29. The van der Waals surface area contributed by atoms with E-state index in [0.717, 1.165) is 23.5 Å². The van der Waals surface area contributed by atoms with E-state index in [9.17, 15) is 4.79 Å². The van der Waals surface area contributed by atoms with E-state index in [4.69, 9.17) is 9.47 Å². The van der Waals surface area contributed by atoms with Gasteiger partial charge in [-0.3, -0.25) is 10.1 Å². The molecule has 25 heavy (non-hydrogen) atoms. The lowest BCUT2D eigenvalue weighted by molar-refractivity contribution is -0.128. The summed E-state index contributed by atoms with van der Waals surface area (Å²) in [7, 11) is 5.16. The van der Waals surface area contributed by atoms with Gasteiger partial charge in [0, 0.05) is 13.5 Å². The summed E-state index contributed by atoms with van der Waals surface area (Å²) in [6.07, 6.45) is 1.45. The highest BCUT2D eigenvalue weighted by Gasteiger charge is 2.36. The number of likely N-dealkylation sites (N-methyl/N-ethyl adjacent to an activating group) is 1. The summed E-state index contributed by atoms with van der Waals surface area (Å²) in [6, 6.07) is 15.6. The Balaban J connectivity index is 1.64. The van der Waals surface area contributed by atoms with Crippen LogP contribution in [0.5, 0.6) is 11.5 Å². The normalized spacial score (nSPS) is 20.0. The van der Waals surface area contributed by atoms with E-state index in [2.05, 4.69) is 5.32 Å². The van der Waals surface area contributed by atoms with Gasteiger partial charge in [-0.05, 0) is 41.8 Å². The minimum Gasteiger partial charge on any atom is -0.497 e. The Bertz CT molecular complexity index is 713. The molecule has 0 saturated carbocycles. The van der Waals surface area contributed by atoms with Gasteiger partial charge in [0.2, 0.25) is 5.91 Å². The maximum Gasteiger partial charge on any atom is 0.241 e. The molecule has 2 atom stereocenters. The fraction of sp³-hybridized carbons (Fsp3) is 0.350. The first-order chi connectivity index (χ1) is 12.1. The van der Waals surface area contributed by atoms with Gasteiger partial charge in [-0.25, -0.2) is 0 Å². The quantitative estimate of drug-likeness (QED) is 0.876. The molecule has 1 aliphatic heterocycles. The zero-order valence-electron chi connectivity index (χ0n) is 14.9. The van der Waals surface area contributed by atoms with Crippen LogP contribution in [0.1, 0.15) is 11.1 Å². The van der Waals surface area contributed by atoms with E-state index in [-0.39, 0.29) is 18.1 Å². The molecule has 1 N–H and O–H groups in total. The molecule has 2 aromatic carbocycles. The Kier molecular flexibility index (Phi) is 5.24. The highest BCUT2D eigenvalue weighted by Crippen LogP contribution is 2.20. The molecule has 5 nitrogen and oxygen atoms in total. The first kappa shape index (κ1) is 17.3. The van der Waals surface area contributed by atoms with Gasteiger partial charge in [-0.2, -0.15) is 0 Å². The number of amides is 1. The molecular weight excluding hydrogens is 316 g/mol. The number of rotatable bonds is 6. The van der Waals surface area contributed by atoms with Crippen LogP contribution in [-0.4, -0.2) is 44.3 Å². The van der Waals surface area contributed by atoms with E-state index in [1.54, 1.807) is 19.1 Å². The van der Waals surface area contributed by atoms with Crippen molar-refractivity contribution in [2.24, 2.45) is 0 Å². The minimum absolute atomic E-state index is 0.00384. The highest BCUT2D eigenvalue weighted by molar-refractivity contribution is 5.84. The van der Waals surface area contributed by atoms with Crippen molar-refractivity contribution < 1.29 is 14.3 Å². The van der Waals surface area contributed by atoms with Crippen molar-refractivity contribution in [3.63, 3.8) is 0 Å². The standard InChI is InChI=1S/C20H24N2O3/c1-22-19(13-15-6-10-17(25-3)11-7-15)21-18(20(22)23)12-14-4-8-16(24-2)9-5-14/h4-11,18-19,21H,12-13H2,1-3H3/t18-,19+/m0/s1. The minimum atomic E-state index is -0.193. The molecule has 132 valence electrons. The summed E-state index contributed by atoms with van der Waals surface area (Å²) in [4.78, 5) is 14.4. The molecule has 0 radical (unpaired) electrons.